The minimum absolute atomic E-state index is 0.778. The van der Waals surface area contributed by atoms with Crippen molar-refractivity contribution in [2.24, 2.45) is 0 Å². The van der Waals surface area contributed by atoms with Gasteiger partial charge in [-0.05, 0) is 59.0 Å². The third kappa shape index (κ3) is 2.30. The van der Waals surface area contributed by atoms with E-state index in [9.17, 15) is 0 Å². The van der Waals surface area contributed by atoms with Crippen molar-refractivity contribution in [3.05, 3.63) is 72.8 Å². The van der Waals surface area contributed by atoms with E-state index in [2.05, 4.69) is 24.3 Å². The molecule has 5 rings (SSSR count). The molecule has 5 heteroatoms. The summed E-state index contributed by atoms with van der Waals surface area (Å²) >= 11 is 5.91. The van der Waals surface area contributed by atoms with Crippen LogP contribution in [-0.2, 0) is 11.8 Å². The molecule has 0 N–H and O–H groups in total. The Bertz CT molecular complexity index is 1200. The third-order valence-electron chi connectivity index (χ3n) is 4.62. The summed E-state index contributed by atoms with van der Waals surface area (Å²) in [5.74, 6) is 2.38. The molecule has 1 heterocycles. The normalized spacial score (nSPS) is 18.3. The van der Waals surface area contributed by atoms with E-state index in [1.807, 2.05) is 48.5 Å². The Hall–Kier alpha value is -2.55. The lowest BCUT2D eigenvalue weighted by Crippen LogP contribution is -2.17. The first-order chi connectivity index (χ1) is 12.7. The Morgan fingerprint density at radius 1 is 0.846 bits per heavy atom. The van der Waals surface area contributed by atoms with Crippen molar-refractivity contribution in [2.75, 3.05) is 7.11 Å². The van der Waals surface area contributed by atoms with Crippen molar-refractivity contribution in [1.82, 2.24) is 0 Å². The largest absolute Gasteiger partial charge is 0.497 e. The van der Waals surface area contributed by atoms with Crippen molar-refractivity contribution in [2.45, 2.75) is 0 Å². The van der Waals surface area contributed by atoms with Crippen LogP contribution in [0.1, 0.15) is 0 Å². The lowest BCUT2D eigenvalue weighted by atomic mass is 10.0. The molecule has 0 spiro atoms. The van der Waals surface area contributed by atoms with Gasteiger partial charge in [0.15, 0.2) is 0 Å². The fraction of sp³-hybridized carbons (Fsp3) is 0.0476. The van der Waals surface area contributed by atoms with E-state index in [-0.39, 0.29) is 0 Å². The average Bonchev–Trinajstić information content (AvgIpc) is 2.68. The predicted octanol–water partition coefficient (Wildman–Crippen LogP) is 5.41. The van der Waals surface area contributed by atoms with Crippen molar-refractivity contribution in [1.29, 1.82) is 0 Å². The smallest absolute Gasteiger partial charge is 0.319 e. The van der Waals surface area contributed by atoms with Gasteiger partial charge >= 0.3 is 6.49 Å². The number of hydrogen-bond acceptors (Lipinski definition) is 4. The number of hydrogen-bond donors (Lipinski definition) is 0. The maximum Gasteiger partial charge on any atom is 0.319 e. The zero-order valence-corrected chi connectivity index (χ0v) is 15.7. The maximum atomic E-state index is 6.43. The van der Waals surface area contributed by atoms with Gasteiger partial charge in [-0.25, -0.2) is 0 Å². The summed E-state index contributed by atoms with van der Waals surface area (Å²) < 4.78 is 17.9. The van der Waals surface area contributed by atoms with Gasteiger partial charge < -0.3 is 13.8 Å². The van der Waals surface area contributed by atoms with Crippen LogP contribution in [0.5, 0.6) is 17.2 Å². The summed E-state index contributed by atoms with van der Waals surface area (Å²) in [4.78, 5) is 0. The van der Waals surface area contributed by atoms with Crippen LogP contribution < -0.4 is 19.1 Å². The lowest BCUT2D eigenvalue weighted by molar-refractivity contribution is 0.415. The predicted molar refractivity (Wildman–Crippen MR) is 110 cm³/mol. The van der Waals surface area contributed by atoms with Gasteiger partial charge in [0.05, 0.1) is 17.8 Å². The van der Waals surface area contributed by atoms with Crippen molar-refractivity contribution >= 4 is 45.1 Å². The molecule has 4 aromatic rings. The first-order valence-electron chi connectivity index (χ1n) is 8.26. The molecule has 0 aromatic heterocycles. The molecule has 0 aliphatic carbocycles. The quantitative estimate of drug-likeness (QED) is 0.344. The second-order valence-corrected chi connectivity index (χ2v) is 9.48. The molecule has 3 nitrogen and oxygen atoms in total. The highest BCUT2D eigenvalue weighted by Gasteiger charge is 2.33. The first kappa shape index (κ1) is 15.7. The average molecular weight is 378 g/mol. The molecule has 0 radical (unpaired) electrons. The van der Waals surface area contributed by atoms with E-state index in [4.69, 9.17) is 25.6 Å². The highest BCUT2D eigenvalue weighted by molar-refractivity contribution is 8.13. The molecule has 0 saturated heterocycles. The van der Waals surface area contributed by atoms with Crippen molar-refractivity contribution < 1.29 is 13.8 Å². The molecule has 1 unspecified atom stereocenters. The molecule has 26 heavy (non-hydrogen) atoms. The van der Waals surface area contributed by atoms with Crippen molar-refractivity contribution in [3.8, 4) is 17.2 Å². The van der Waals surface area contributed by atoms with Gasteiger partial charge in [-0.3, -0.25) is 0 Å². The fourth-order valence-electron chi connectivity index (χ4n) is 3.35. The monoisotopic (exact) mass is 378 g/mol. The molecule has 128 valence electrons. The van der Waals surface area contributed by atoms with Gasteiger partial charge in [0.25, 0.3) is 0 Å². The van der Waals surface area contributed by atoms with E-state index in [1.54, 1.807) is 7.11 Å². The van der Waals surface area contributed by atoms with Crippen LogP contribution in [0.15, 0.2) is 72.8 Å². The molecular formula is C21H15O3PS. The zero-order chi connectivity index (χ0) is 17.7. The molecule has 1 aliphatic rings. The van der Waals surface area contributed by atoms with E-state index in [0.29, 0.717) is 0 Å². The molecular weight excluding hydrogens is 363 g/mol. The maximum absolute atomic E-state index is 6.43. The number of fused-ring (bicyclic) bond motifs is 2. The van der Waals surface area contributed by atoms with Gasteiger partial charge in [0, 0.05) is 5.39 Å². The highest BCUT2D eigenvalue weighted by atomic mass is 32.5. The standard InChI is InChI=1S/C21H15O3PS/c1-22-16-9-11-17(12-10-16)25(26)23-19-8-4-6-15-13-14-5-2-3-7-18(14)21(24-25)20(15)19/h2-13H,1H3. The van der Waals surface area contributed by atoms with E-state index < -0.39 is 6.49 Å². The van der Waals surface area contributed by atoms with E-state index in [0.717, 1.165) is 44.1 Å². The summed E-state index contributed by atoms with van der Waals surface area (Å²) in [6, 6.07) is 24.0. The second kappa shape index (κ2) is 5.73. The van der Waals surface area contributed by atoms with Gasteiger partial charge in [0.1, 0.15) is 17.2 Å². The van der Waals surface area contributed by atoms with E-state index >= 15 is 0 Å². The summed E-state index contributed by atoms with van der Waals surface area (Å²) in [5, 5.41) is 5.13. The summed E-state index contributed by atoms with van der Waals surface area (Å²) in [7, 11) is 1.64. The van der Waals surface area contributed by atoms with Crippen LogP contribution in [0, 0.1) is 0 Å². The SMILES string of the molecule is COc1ccc(P2(=S)Oc3cccc4cc5ccccc5c(c34)O2)cc1. The van der Waals surface area contributed by atoms with Crippen LogP contribution in [-0.4, -0.2) is 7.11 Å². The van der Waals surface area contributed by atoms with Crippen LogP contribution in [0.3, 0.4) is 0 Å². The summed E-state index contributed by atoms with van der Waals surface area (Å²) in [6.07, 6.45) is 0. The highest BCUT2D eigenvalue weighted by Crippen LogP contribution is 2.57. The Morgan fingerprint density at radius 2 is 1.62 bits per heavy atom. The van der Waals surface area contributed by atoms with Gasteiger partial charge in [0.2, 0.25) is 0 Å². The number of ether oxygens (including phenoxy) is 1. The fourth-order valence-corrected chi connectivity index (χ4v) is 5.79. The number of benzene rings is 4. The third-order valence-corrected chi connectivity index (χ3v) is 7.49. The second-order valence-electron chi connectivity index (χ2n) is 6.16. The molecule has 0 amide bonds. The van der Waals surface area contributed by atoms with Gasteiger partial charge in [-0.2, -0.15) is 0 Å². The molecule has 0 saturated carbocycles. The van der Waals surface area contributed by atoms with Gasteiger partial charge in [-0.1, -0.05) is 36.4 Å². The molecule has 4 aromatic carbocycles. The van der Waals surface area contributed by atoms with Crippen LogP contribution in [0.25, 0.3) is 21.5 Å². The minimum Gasteiger partial charge on any atom is -0.497 e. The lowest BCUT2D eigenvalue weighted by Gasteiger charge is -2.30. The first-order valence-corrected chi connectivity index (χ1v) is 10.9. The minimum atomic E-state index is -2.72. The summed E-state index contributed by atoms with van der Waals surface area (Å²) in [5.41, 5.74) is 0. The Labute approximate surface area is 156 Å². The topological polar surface area (TPSA) is 27.7 Å². The molecule has 1 atom stereocenters. The zero-order valence-electron chi connectivity index (χ0n) is 14.0. The Balaban J connectivity index is 1.76. The Kier molecular flexibility index (Phi) is 3.46. The molecule has 0 bridgehead atoms. The molecule has 1 aliphatic heterocycles. The van der Waals surface area contributed by atoms with Crippen LogP contribution >= 0.6 is 6.49 Å². The van der Waals surface area contributed by atoms with Crippen molar-refractivity contribution in [3.63, 3.8) is 0 Å². The Morgan fingerprint density at radius 3 is 2.42 bits per heavy atom. The van der Waals surface area contributed by atoms with Crippen LogP contribution in [0.4, 0.5) is 0 Å². The van der Waals surface area contributed by atoms with Gasteiger partial charge in [-0.15, -0.1) is 0 Å². The molecule has 0 fully saturated rings. The summed E-state index contributed by atoms with van der Waals surface area (Å²) in [6.45, 7) is -2.72. The van der Waals surface area contributed by atoms with E-state index in [1.165, 1.54) is 0 Å². The number of methoxy groups -OCH3 is 1. The van der Waals surface area contributed by atoms with Crippen LogP contribution in [0.2, 0.25) is 0 Å². The number of rotatable bonds is 2.